The average molecular weight is 410 g/mol. The summed E-state index contributed by atoms with van der Waals surface area (Å²) in [6.45, 7) is 2.58. The zero-order chi connectivity index (χ0) is 21.5. The van der Waals surface area contributed by atoms with Gasteiger partial charge in [0.15, 0.2) is 34.8 Å². The lowest BCUT2D eigenvalue weighted by atomic mass is 10.0. The first kappa shape index (κ1) is 20.4. The normalized spacial score (nSPS) is 10.9. The van der Waals surface area contributed by atoms with Gasteiger partial charge in [-0.05, 0) is 37.1 Å². The van der Waals surface area contributed by atoms with Gasteiger partial charge in [0, 0.05) is 11.1 Å². The summed E-state index contributed by atoms with van der Waals surface area (Å²) in [6.07, 6.45) is 0. The molecule has 0 N–H and O–H groups in total. The monoisotopic (exact) mass is 410 g/mol. The molecule has 0 fully saturated rings. The summed E-state index contributed by atoms with van der Waals surface area (Å²) < 4.78 is 88.7. The first-order valence-corrected chi connectivity index (χ1v) is 8.23. The van der Waals surface area contributed by atoms with Crippen molar-refractivity contribution in [3.05, 3.63) is 88.0 Å². The third-order valence-electron chi connectivity index (χ3n) is 4.31. The number of ether oxygens (including phenoxy) is 1. The molecule has 0 saturated carbocycles. The zero-order valence-corrected chi connectivity index (χ0v) is 15.0. The summed E-state index contributed by atoms with van der Waals surface area (Å²) in [7, 11) is 0. The maximum atomic E-state index is 14.4. The minimum Gasteiger partial charge on any atom is -0.420 e. The van der Waals surface area contributed by atoms with E-state index >= 15 is 0 Å². The number of rotatable bonds is 3. The molecule has 3 aromatic rings. The lowest BCUT2D eigenvalue weighted by molar-refractivity contribution is 0.0720. The average Bonchev–Trinajstić information content (AvgIpc) is 2.69. The Bertz CT molecular complexity index is 1140. The highest BCUT2D eigenvalue weighted by atomic mass is 19.2. The Morgan fingerprint density at radius 1 is 0.621 bits per heavy atom. The van der Waals surface area contributed by atoms with E-state index in [9.17, 15) is 31.1 Å². The molecule has 0 radical (unpaired) electrons. The van der Waals surface area contributed by atoms with Gasteiger partial charge in [-0.2, -0.15) is 4.39 Å². The van der Waals surface area contributed by atoms with Gasteiger partial charge >= 0.3 is 5.97 Å². The van der Waals surface area contributed by atoms with Gasteiger partial charge in [-0.1, -0.05) is 24.3 Å². The highest BCUT2D eigenvalue weighted by Gasteiger charge is 2.24. The van der Waals surface area contributed by atoms with Crippen molar-refractivity contribution in [3.63, 3.8) is 0 Å². The standard InChI is InChI=1S/C21H12F6O2/c1-9-3-5-11(17(24)15(9)22)12-6-7-13(19(26)18(12)25)21(28)29-14-8-4-10(2)16(23)20(14)27/h3-8H,1-2H3. The van der Waals surface area contributed by atoms with Crippen LogP contribution in [-0.2, 0) is 0 Å². The van der Waals surface area contributed by atoms with Gasteiger partial charge in [0.2, 0.25) is 5.82 Å². The number of aryl methyl sites for hydroxylation is 2. The van der Waals surface area contributed by atoms with Crippen LogP contribution < -0.4 is 4.74 Å². The van der Waals surface area contributed by atoms with Gasteiger partial charge in [0.25, 0.3) is 0 Å². The van der Waals surface area contributed by atoms with Gasteiger partial charge in [0.1, 0.15) is 0 Å². The van der Waals surface area contributed by atoms with E-state index in [4.69, 9.17) is 0 Å². The van der Waals surface area contributed by atoms with Crippen LogP contribution >= 0.6 is 0 Å². The molecule has 0 aromatic heterocycles. The molecule has 0 bridgehead atoms. The van der Waals surface area contributed by atoms with Crippen LogP contribution in [0.25, 0.3) is 11.1 Å². The number of hydrogen-bond donors (Lipinski definition) is 0. The number of hydrogen-bond acceptors (Lipinski definition) is 2. The Morgan fingerprint density at radius 2 is 1.10 bits per heavy atom. The van der Waals surface area contributed by atoms with E-state index < -0.39 is 63.3 Å². The molecule has 0 heterocycles. The largest absolute Gasteiger partial charge is 0.420 e. The Labute approximate surface area is 161 Å². The van der Waals surface area contributed by atoms with Crippen molar-refractivity contribution < 1.29 is 35.9 Å². The van der Waals surface area contributed by atoms with Crippen molar-refractivity contribution in [2.45, 2.75) is 13.8 Å². The number of halogens is 6. The van der Waals surface area contributed by atoms with Crippen molar-refractivity contribution in [2.75, 3.05) is 0 Å². The first-order valence-electron chi connectivity index (χ1n) is 8.23. The lowest BCUT2D eigenvalue weighted by Gasteiger charge is -2.11. The van der Waals surface area contributed by atoms with Crippen molar-refractivity contribution in [1.29, 1.82) is 0 Å². The summed E-state index contributed by atoms with van der Waals surface area (Å²) in [5, 5.41) is 0. The van der Waals surface area contributed by atoms with Crippen molar-refractivity contribution in [3.8, 4) is 16.9 Å². The summed E-state index contributed by atoms with van der Waals surface area (Å²) in [6, 6.07) is 5.97. The molecule has 0 aliphatic rings. The molecule has 0 unspecified atom stereocenters. The molecular weight excluding hydrogens is 398 g/mol. The van der Waals surface area contributed by atoms with E-state index in [-0.39, 0.29) is 11.1 Å². The molecule has 29 heavy (non-hydrogen) atoms. The Hall–Kier alpha value is -3.29. The third-order valence-corrected chi connectivity index (χ3v) is 4.31. The van der Waals surface area contributed by atoms with Crippen LogP contribution in [0.2, 0.25) is 0 Å². The second-order valence-electron chi connectivity index (χ2n) is 6.24. The maximum Gasteiger partial charge on any atom is 0.346 e. The summed E-state index contributed by atoms with van der Waals surface area (Å²) in [4.78, 5) is 12.1. The summed E-state index contributed by atoms with van der Waals surface area (Å²) in [5.74, 6) is -11.0. The zero-order valence-electron chi connectivity index (χ0n) is 15.0. The van der Waals surface area contributed by atoms with Crippen LogP contribution in [0.15, 0.2) is 36.4 Å². The fourth-order valence-corrected chi connectivity index (χ4v) is 2.63. The predicted molar refractivity (Wildman–Crippen MR) is 92.5 cm³/mol. The molecule has 0 spiro atoms. The van der Waals surface area contributed by atoms with E-state index in [2.05, 4.69) is 4.74 Å². The smallest absolute Gasteiger partial charge is 0.346 e. The molecule has 3 aromatic carbocycles. The number of esters is 1. The molecule has 150 valence electrons. The second kappa shape index (κ2) is 7.62. The van der Waals surface area contributed by atoms with Crippen LogP contribution in [0.4, 0.5) is 26.3 Å². The fraction of sp³-hybridized carbons (Fsp3) is 0.0952. The molecule has 0 aliphatic heterocycles. The van der Waals surface area contributed by atoms with Crippen molar-refractivity contribution in [2.24, 2.45) is 0 Å². The Balaban J connectivity index is 1.99. The van der Waals surface area contributed by atoms with Gasteiger partial charge < -0.3 is 4.74 Å². The topological polar surface area (TPSA) is 26.3 Å². The molecule has 0 amide bonds. The van der Waals surface area contributed by atoms with E-state index in [0.29, 0.717) is 0 Å². The summed E-state index contributed by atoms with van der Waals surface area (Å²) >= 11 is 0. The fourth-order valence-electron chi connectivity index (χ4n) is 2.63. The van der Waals surface area contributed by atoms with E-state index in [0.717, 1.165) is 30.3 Å². The Morgan fingerprint density at radius 3 is 1.72 bits per heavy atom. The molecular formula is C21H12F6O2. The lowest BCUT2D eigenvalue weighted by Crippen LogP contribution is -2.13. The van der Waals surface area contributed by atoms with Crippen LogP contribution in [-0.4, -0.2) is 5.97 Å². The van der Waals surface area contributed by atoms with E-state index in [1.165, 1.54) is 19.9 Å². The van der Waals surface area contributed by atoms with E-state index in [1.807, 2.05) is 0 Å². The molecule has 0 aliphatic carbocycles. The highest BCUT2D eigenvalue weighted by Crippen LogP contribution is 2.31. The molecule has 8 heteroatoms. The predicted octanol–water partition coefficient (Wildman–Crippen LogP) is 6.02. The molecule has 0 atom stereocenters. The van der Waals surface area contributed by atoms with Crippen LogP contribution in [0.1, 0.15) is 21.5 Å². The number of benzene rings is 3. The first-order chi connectivity index (χ1) is 13.6. The summed E-state index contributed by atoms with van der Waals surface area (Å²) in [5.41, 5.74) is -2.17. The minimum atomic E-state index is -1.71. The van der Waals surface area contributed by atoms with Gasteiger partial charge in [-0.15, -0.1) is 0 Å². The third kappa shape index (κ3) is 3.57. The van der Waals surface area contributed by atoms with Crippen molar-refractivity contribution >= 4 is 5.97 Å². The molecule has 0 saturated heterocycles. The van der Waals surface area contributed by atoms with Crippen LogP contribution in [0, 0.1) is 48.8 Å². The SMILES string of the molecule is Cc1ccc(OC(=O)c2ccc(-c3ccc(C)c(F)c3F)c(F)c2F)c(F)c1F. The van der Waals surface area contributed by atoms with Crippen LogP contribution in [0.3, 0.4) is 0 Å². The van der Waals surface area contributed by atoms with E-state index in [1.54, 1.807) is 0 Å². The Kier molecular flexibility index (Phi) is 5.37. The molecule has 3 rings (SSSR count). The number of carbonyl (C=O) groups is 1. The van der Waals surface area contributed by atoms with Gasteiger partial charge in [-0.3, -0.25) is 0 Å². The van der Waals surface area contributed by atoms with Gasteiger partial charge in [-0.25, -0.2) is 26.7 Å². The number of carbonyl (C=O) groups excluding carboxylic acids is 1. The van der Waals surface area contributed by atoms with Crippen molar-refractivity contribution in [1.82, 2.24) is 0 Å². The molecule has 2 nitrogen and oxygen atoms in total. The van der Waals surface area contributed by atoms with Crippen LogP contribution in [0.5, 0.6) is 5.75 Å². The van der Waals surface area contributed by atoms with Gasteiger partial charge in [0.05, 0.1) is 5.56 Å². The maximum absolute atomic E-state index is 14.4. The quantitative estimate of drug-likeness (QED) is 0.300. The minimum absolute atomic E-state index is 0.0281. The highest BCUT2D eigenvalue weighted by molar-refractivity contribution is 5.92. The second-order valence-corrected chi connectivity index (χ2v) is 6.24.